The lowest BCUT2D eigenvalue weighted by Crippen LogP contribution is -2.51. The zero-order valence-corrected chi connectivity index (χ0v) is 26.7. The van der Waals surface area contributed by atoms with Crippen LogP contribution in [0.3, 0.4) is 0 Å². The average Bonchev–Trinajstić information content (AvgIpc) is 3.23. The number of para-hydroxylation sites is 1. The minimum atomic E-state index is -4.43. The molecule has 0 saturated carbocycles. The molecule has 246 valence electrons. The summed E-state index contributed by atoms with van der Waals surface area (Å²) in [5.74, 6) is -1.10. The Balaban J connectivity index is 1.40. The van der Waals surface area contributed by atoms with E-state index in [1.165, 1.54) is 24.1 Å². The van der Waals surface area contributed by atoms with Crippen LogP contribution < -0.4 is 10.4 Å². The molecule has 0 bridgehead atoms. The van der Waals surface area contributed by atoms with Gasteiger partial charge in [-0.05, 0) is 45.8 Å². The van der Waals surface area contributed by atoms with Gasteiger partial charge in [0.25, 0.3) is 5.91 Å². The number of halogens is 1. The molecule has 1 amide bonds. The number of rotatable bonds is 11. The molecule has 3 heterocycles. The van der Waals surface area contributed by atoms with E-state index < -0.39 is 68.6 Å². The first kappa shape index (κ1) is 33.6. The topological polar surface area (TPSA) is 161 Å². The van der Waals surface area contributed by atoms with Crippen LogP contribution >= 0.6 is 7.75 Å². The molecule has 1 fully saturated rings. The fraction of sp³-hybridized carbons (Fsp3) is 0.419. The zero-order valence-electron chi connectivity index (χ0n) is 25.8. The van der Waals surface area contributed by atoms with Crippen molar-refractivity contribution in [3.05, 3.63) is 79.1 Å². The number of esters is 1. The second kappa shape index (κ2) is 13.5. The second-order valence-corrected chi connectivity index (χ2v) is 13.2. The maximum atomic E-state index is 15.9. The normalized spacial score (nSPS) is 28.2. The lowest BCUT2D eigenvalue weighted by Gasteiger charge is -2.35. The zero-order chi connectivity index (χ0) is 33.2. The first-order valence-electron chi connectivity index (χ1n) is 14.8. The summed E-state index contributed by atoms with van der Waals surface area (Å²) >= 11 is 0. The van der Waals surface area contributed by atoms with Crippen molar-refractivity contribution in [2.75, 3.05) is 6.61 Å². The van der Waals surface area contributed by atoms with Crippen LogP contribution in [0.2, 0.25) is 0 Å². The molecule has 1 saturated heterocycles. The molecule has 0 spiro atoms. The van der Waals surface area contributed by atoms with E-state index in [4.69, 9.17) is 18.5 Å². The van der Waals surface area contributed by atoms with Crippen molar-refractivity contribution in [1.82, 2.24) is 25.3 Å². The Morgan fingerprint density at radius 2 is 2.09 bits per heavy atom. The van der Waals surface area contributed by atoms with E-state index in [9.17, 15) is 19.3 Å². The number of ether oxygens (including phenoxy) is 2. The molecule has 2 unspecified atom stereocenters. The number of fused-ring (bicyclic) bond motifs is 1. The fourth-order valence-electron chi connectivity index (χ4n) is 5.31. The summed E-state index contributed by atoms with van der Waals surface area (Å²) in [5, 5.41) is 16.0. The molecule has 2 aromatic rings. The van der Waals surface area contributed by atoms with E-state index in [0.717, 1.165) is 6.92 Å². The van der Waals surface area contributed by atoms with Crippen molar-refractivity contribution in [2.24, 2.45) is 0 Å². The van der Waals surface area contributed by atoms with Gasteiger partial charge in [0.2, 0.25) is 0 Å². The Bertz CT molecular complexity index is 1640. The third kappa shape index (κ3) is 7.12. The van der Waals surface area contributed by atoms with Crippen molar-refractivity contribution >= 4 is 36.2 Å². The number of aliphatic hydroxyl groups excluding tert-OH is 1. The van der Waals surface area contributed by atoms with E-state index >= 15 is 4.39 Å². The van der Waals surface area contributed by atoms with E-state index in [2.05, 4.69) is 27.0 Å². The fourth-order valence-corrected chi connectivity index (χ4v) is 6.97. The maximum absolute atomic E-state index is 15.9. The van der Waals surface area contributed by atoms with E-state index in [0.29, 0.717) is 28.6 Å². The molecular weight excluding hydrogens is 620 g/mol. The molecule has 5 rings (SSSR count). The molecule has 1 aromatic heterocycles. The average molecular weight is 658 g/mol. The molecule has 1 aromatic carbocycles. The van der Waals surface area contributed by atoms with Crippen LogP contribution in [0.25, 0.3) is 16.6 Å². The highest BCUT2D eigenvalue weighted by Gasteiger charge is 2.57. The van der Waals surface area contributed by atoms with Crippen LogP contribution in [0.5, 0.6) is 0 Å². The Morgan fingerprint density at radius 1 is 1.33 bits per heavy atom. The molecule has 0 radical (unpaired) electrons. The number of nitrogens with zero attached hydrogens (tertiary/aromatic N) is 3. The van der Waals surface area contributed by atoms with Gasteiger partial charge in [-0.25, -0.2) is 14.0 Å². The van der Waals surface area contributed by atoms with E-state index in [1.807, 2.05) is 30.4 Å². The van der Waals surface area contributed by atoms with Gasteiger partial charge in [0.1, 0.15) is 24.1 Å². The molecule has 3 aliphatic rings. The van der Waals surface area contributed by atoms with Gasteiger partial charge in [-0.1, -0.05) is 36.9 Å². The minimum absolute atomic E-state index is 0.0473. The smallest absolute Gasteiger partial charge is 0.406 e. The third-order valence-electron chi connectivity index (χ3n) is 7.59. The first-order chi connectivity index (χ1) is 21.8. The minimum Gasteiger partial charge on any atom is -0.462 e. The van der Waals surface area contributed by atoms with Crippen LogP contribution in [0.4, 0.5) is 4.39 Å². The van der Waals surface area contributed by atoms with Crippen molar-refractivity contribution in [2.45, 2.75) is 76.5 Å². The van der Waals surface area contributed by atoms with Crippen LogP contribution in [-0.2, 0) is 32.7 Å². The number of benzene rings is 1. The van der Waals surface area contributed by atoms with Crippen LogP contribution in [-0.4, -0.2) is 80.8 Å². The number of carbonyl (C=O) groups is 2. The quantitative estimate of drug-likeness (QED) is 0.238. The Kier molecular flexibility index (Phi) is 9.87. The standard InChI is InChI=1S/C31H37FN5O8P/c1-18(2)43-29(40)19(3)36-46(41,42-17-25-28(39)31(5,32)30(44-25)37-16-13-26(38)35-20(37)4)45-24-12-7-6-9-21(24)22-10-8-11-23-27(22)34-15-14-33-23/h6-11,13-16,18-19,24-25,28,30,39H,4,12,17H2,1-3,5H3,(H,35,38)(H,36,41)/t19-,24?,25+,28+,30+,31+,46?/m0/s1. The molecule has 13 nitrogen and oxygen atoms in total. The Morgan fingerprint density at radius 3 is 2.83 bits per heavy atom. The molecule has 1 aliphatic carbocycles. The van der Waals surface area contributed by atoms with Gasteiger partial charge >= 0.3 is 13.7 Å². The molecule has 2 aliphatic heterocycles. The number of hydrogen-bond acceptors (Lipinski definition) is 11. The predicted octanol–water partition coefficient (Wildman–Crippen LogP) is 3.64. The number of alkyl halides is 1. The highest BCUT2D eigenvalue weighted by Crippen LogP contribution is 2.50. The van der Waals surface area contributed by atoms with Crippen molar-refractivity contribution in [3.8, 4) is 0 Å². The number of carbonyl (C=O) groups excluding carboxylic acids is 2. The Labute approximate surface area is 265 Å². The van der Waals surface area contributed by atoms with E-state index in [1.54, 1.807) is 32.3 Å². The third-order valence-corrected chi connectivity index (χ3v) is 9.31. The summed E-state index contributed by atoms with van der Waals surface area (Å²) in [4.78, 5) is 34.5. The van der Waals surface area contributed by atoms with Gasteiger partial charge in [0, 0.05) is 30.2 Å². The summed E-state index contributed by atoms with van der Waals surface area (Å²) in [6.45, 7) is 9.06. The monoisotopic (exact) mass is 657 g/mol. The van der Waals surface area contributed by atoms with Crippen LogP contribution in [0.1, 0.15) is 39.7 Å². The van der Waals surface area contributed by atoms with Crippen molar-refractivity contribution in [3.63, 3.8) is 0 Å². The van der Waals surface area contributed by atoms with Gasteiger partial charge in [-0.15, -0.1) is 0 Å². The molecule has 46 heavy (non-hydrogen) atoms. The van der Waals surface area contributed by atoms with Crippen molar-refractivity contribution in [1.29, 1.82) is 0 Å². The lowest BCUT2D eigenvalue weighted by molar-refractivity contribution is -0.149. The largest absolute Gasteiger partial charge is 0.462 e. The summed E-state index contributed by atoms with van der Waals surface area (Å²) in [6, 6.07) is 4.35. The number of aromatic nitrogens is 2. The maximum Gasteiger partial charge on any atom is 0.406 e. The SMILES string of the molecule is C=C1NC(=O)C=CN1[C@@H]1O[C@H](COP(=O)(N[C@@H](C)C(=O)OC(C)C)OC2CC=CC=C2c2cccc3nccnc23)[C@@H](O)[C@@]1(C)F. The van der Waals surface area contributed by atoms with Gasteiger partial charge in [0.05, 0.1) is 29.8 Å². The first-order valence-corrected chi connectivity index (χ1v) is 16.3. The molecular formula is C31H37FN5O8P. The predicted molar refractivity (Wildman–Crippen MR) is 166 cm³/mol. The number of aliphatic hydroxyl groups is 1. The summed E-state index contributed by atoms with van der Waals surface area (Å²) in [6.07, 6.45) is 5.63. The van der Waals surface area contributed by atoms with Crippen LogP contribution in [0.15, 0.2) is 73.5 Å². The molecule has 7 atom stereocenters. The second-order valence-electron chi connectivity index (χ2n) is 11.5. The van der Waals surface area contributed by atoms with Crippen LogP contribution in [0, 0.1) is 0 Å². The number of hydrogen-bond donors (Lipinski definition) is 3. The summed E-state index contributed by atoms with van der Waals surface area (Å²) < 4.78 is 53.5. The highest BCUT2D eigenvalue weighted by molar-refractivity contribution is 7.51. The van der Waals surface area contributed by atoms with Gasteiger partial charge in [-0.3, -0.25) is 28.6 Å². The van der Waals surface area contributed by atoms with Crippen molar-refractivity contribution < 1.29 is 42.2 Å². The van der Waals surface area contributed by atoms with Gasteiger partial charge in [0.15, 0.2) is 11.9 Å². The lowest BCUT2D eigenvalue weighted by atomic mass is 9.94. The summed E-state index contributed by atoms with van der Waals surface area (Å²) in [5.41, 5.74) is 0.237. The van der Waals surface area contributed by atoms with Gasteiger partial charge < -0.3 is 24.8 Å². The van der Waals surface area contributed by atoms with E-state index in [-0.39, 0.29) is 5.82 Å². The highest BCUT2D eigenvalue weighted by atomic mass is 31.2. The number of nitrogens with one attached hydrogen (secondary N) is 2. The van der Waals surface area contributed by atoms with Gasteiger partial charge in [-0.2, -0.15) is 0 Å². The summed E-state index contributed by atoms with van der Waals surface area (Å²) in [7, 11) is -4.43. The number of allylic oxidation sites excluding steroid dienone is 2. The Hall–Kier alpha value is -3.78. The molecule has 15 heteroatoms. The molecule has 3 N–H and O–H groups in total. The number of amides is 1.